The molecule has 1 aromatic rings. The molecule has 0 aliphatic heterocycles. The molecule has 2 fully saturated rings. The second-order valence-corrected chi connectivity index (χ2v) is 6.08. The first-order chi connectivity index (χ1) is 9.15. The molecule has 3 rings (SSSR count). The van der Waals surface area contributed by atoms with Gasteiger partial charge in [-0.15, -0.1) is 0 Å². The van der Waals surface area contributed by atoms with Gasteiger partial charge in [-0.05, 0) is 26.2 Å². The van der Waals surface area contributed by atoms with Crippen molar-refractivity contribution in [2.45, 2.75) is 64.5 Å². The maximum atomic E-state index is 5.84. The summed E-state index contributed by atoms with van der Waals surface area (Å²) in [4.78, 5) is 4.40. The maximum Gasteiger partial charge on any atom is 0.321 e. The van der Waals surface area contributed by atoms with Gasteiger partial charge in [-0.3, -0.25) is 0 Å². The molecular weight excluding hydrogens is 242 g/mol. The van der Waals surface area contributed by atoms with Crippen LogP contribution in [-0.2, 0) is 4.74 Å². The highest BCUT2D eigenvalue weighted by atomic mass is 16.5. The summed E-state index contributed by atoms with van der Waals surface area (Å²) < 4.78 is 11.1. The summed E-state index contributed by atoms with van der Waals surface area (Å²) in [7, 11) is 0. The number of nitrogens with one attached hydrogen (secondary N) is 1. The molecule has 0 radical (unpaired) electrons. The molecule has 2 aliphatic carbocycles. The standard InChI is InChI=1S/C14H23N3O2/c1-4-18-11-8-10(14(11)6-5-7-14)15-13-16-12(9(2)3)17-19-13/h9-11H,4-8H2,1-3H3,(H,15,16,17). The smallest absolute Gasteiger partial charge is 0.321 e. The van der Waals surface area contributed by atoms with E-state index >= 15 is 0 Å². The van der Waals surface area contributed by atoms with Crippen LogP contribution in [0.5, 0.6) is 0 Å². The molecule has 2 saturated carbocycles. The summed E-state index contributed by atoms with van der Waals surface area (Å²) in [6.07, 6.45) is 5.27. The topological polar surface area (TPSA) is 60.2 Å². The van der Waals surface area contributed by atoms with Crippen LogP contribution in [-0.4, -0.2) is 28.9 Å². The highest BCUT2D eigenvalue weighted by molar-refractivity contribution is 5.29. The van der Waals surface area contributed by atoms with Gasteiger partial charge in [-0.1, -0.05) is 25.4 Å². The summed E-state index contributed by atoms with van der Waals surface area (Å²) in [5.41, 5.74) is 0.322. The van der Waals surface area contributed by atoms with E-state index < -0.39 is 0 Å². The van der Waals surface area contributed by atoms with Crippen LogP contribution in [0, 0.1) is 5.41 Å². The molecule has 1 N–H and O–H groups in total. The predicted molar refractivity (Wildman–Crippen MR) is 72.1 cm³/mol. The van der Waals surface area contributed by atoms with E-state index in [0.29, 0.717) is 29.5 Å². The fourth-order valence-corrected chi connectivity index (χ4v) is 3.32. The van der Waals surface area contributed by atoms with Crippen molar-refractivity contribution < 1.29 is 9.26 Å². The van der Waals surface area contributed by atoms with Gasteiger partial charge < -0.3 is 14.6 Å². The van der Waals surface area contributed by atoms with Gasteiger partial charge in [0.2, 0.25) is 0 Å². The van der Waals surface area contributed by atoms with Crippen LogP contribution in [0.15, 0.2) is 4.52 Å². The molecule has 2 atom stereocenters. The lowest BCUT2D eigenvalue weighted by molar-refractivity contribution is -0.158. The quantitative estimate of drug-likeness (QED) is 0.887. The SMILES string of the molecule is CCOC1CC(Nc2nc(C(C)C)no2)C12CCC2. The molecule has 106 valence electrons. The third-order valence-corrected chi connectivity index (χ3v) is 4.69. The van der Waals surface area contributed by atoms with Crippen LogP contribution in [0.2, 0.25) is 0 Å². The normalized spacial score (nSPS) is 28.2. The lowest BCUT2D eigenvalue weighted by Crippen LogP contribution is -2.64. The van der Waals surface area contributed by atoms with Gasteiger partial charge in [0.05, 0.1) is 6.10 Å². The van der Waals surface area contributed by atoms with Gasteiger partial charge in [0, 0.05) is 24.0 Å². The lowest BCUT2D eigenvalue weighted by Gasteiger charge is -2.60. The average molecular weight is 265 g/mol. The summed E-state index contributed by atoms with van der Waals surface area (Å²) in [5, 5.41) is 7.41. The molecular formula is C14H23N3O2. The van der Waals surface area contributed by atoms with Crippen molar-refractivity contribution in [2.75, 3.05) is 11.9 Å². The van der Waals surface area contributed by atoms with E-state index in [1.807, 2.05) is 0 Å². The van der Waals surface area contributed by atoms with Crippen LogP contribution in [0.4, 0.5) is 6.01 Å². The van der Waals surface area contributed by atoms with Crippen LogP contribution in [0.25, 0.3) is 0 Å². The molecule has 0 aromatic carbocycles. The molecule has 1 aromatic heterocycles. The number of aromatic nitrogens is 2. The Bertz CT molecular complexity index is 440. The molecule has 0 saturated heterocycles. The minimum atomic E-state index is 0.300. The van der Waals surface area contributed by atoms with Crippen molar-refractivity contribution in [3.05, 3.63) is 5.82 Å². The fraction of sp³-hybridized carbons (Fsp3) is 0.857. The van der Waals surface area contributed by atoms with Crippen LogP contribution in [0.3, 0.4) is 0 Å². The number of anilines is 1. The fourth-order valence-electron chi connectivity index (χ4n) is 3.32. The van der Waals surface area contributed by atoms with E-state index in [-0.39, 0.29) is 0 Å². The van der Waals surface area contributed by atoms with Crippen molar-refractivity contribution in [1.82, 2.24) is 10.1 Å². The predicted octanol–water partition coefficient (Wildman–Crippen LogP) is 2.95. The first kappa shape index (κ1) is 12.9. The minimum Gasteiger partial charge on any atom is -0.378 e. The zero-order valence-electron chi connectivity index (χ0n) is 12.0. The van der Waals surface area contributed by atoms with Gasteiger partial charge in [-0.2, -0.15) is 4.98 Å². The number of ether oxygens (including phenoxy) is 1. The van der Waals surface area contributed by atoms with Crippen LogP contribution >= 0.6 is 0 Å². The minimum absolute atomic E-state index is 0.300. The van der Waals surface area contributed by atoms with E-state index in [1.165, 1.54) is 19.3 Å². The van der Waals surface area contributed by atoms with Gasteiger partial charge in [0.1, 0.15) is 0 Å². The zero-order valence-corrected chi connectivity index (χ0v) is 12.0. The Labute approximate surface area is 114 Å². The summed E-state index contributed by atoms with van der Waals surface area (Å²) >= 11 is 0. The first-order valence-corrected chi connectivity index (χ1v) is 7.37. The van der Waals surface area contributed by atoms with Gasteiger partial charge >= 0.3 is 6.01 Å². The maximum absolute atomic E-state index is 5.84. The highest BCUT2D eigenvalue weighted by Crippen LogP contribution is 2.58. The molecule has 2 unspecified atom stereocenters. The largest absolute Gasteiger partial charge is 0.378 e. The van der Waals surface area contributed by atoms with Crippen molar-refractivity contribution in [3.63, 3.8) is 0 Å². The molecule has 0 bridgehead atoms. The third-order valence-electron chi connectivity index (χ3n) is 4.69. The second kappa shape index (κ2) is 4.78. The monoisotopic (exact) mass is 265 g/mol. The molecule has 19 heavy (non-hydrogen) atoms. The molecule has 5 nitrogen and oxygen atoms in total. The number of hydrogen-bond acceptors (Lipinski definition) is 5. The van der Waals surface area contributed by atoms with E-state index in [4.69, 9.17) is 9.26 Å². The Morgan fingerprint density at radius 2 is 2.26 bits per heavy atom. The Hall–Kier alpha value is -1.10. The highest BCUT2D eigenvalue weighted by Gasteiger charge is 2.59. The molecule has 5 heteroatoms. The third kappa shape index (κ3) is 2.04. The molecule has 0 amide bonds. The van der Waals surface area contributed by atoms with Gasteiger partial charge in [-0.25, -0.2) is 0 Å². The lowest BCUT2D eigenvalue weighted by atomic mass is 9.51. The molecule has 1 heterocycles. The van der Waals surface area contributed by atoms with Crippen molar-refractivity contribution in [1.29, 1.82) is 0 Å². The summed E-state index contributed by atoms with van der Waals surface area (Å²) in [6.45, 7) is 7.00. The van der Waals surface area contributed by atoms with Crippen molar-refractivity contribution in [3.8, 4) is 0 Å². The van der Waals surface area contributed by atoms with E-state index in [9.17, 15) is 0 Å². The first-order valence-electron chi connectivity index (χ1n) is 7.37. The van der Waals surface area contributed by atoms with E-state index in [2.05, 4.69) is 36.2 Å². The van der Waals surface area contributed by atoms with E-state index in [1.54, 1.807) is 0 Å². The molecule has 1 spiro atoms. The average Bonchev–Trinajstić information content (AvgIpc) is 2.74. The number of nitrogens with zero attached hydrogens (tertiary/aromatic N) is 2. The Morgan fingerprint density at radius 1 is 1.47 bits per heavy atom. The number of hydrogen-bond donors (Lipinski definition) is 1. The van der Waals surface area contributed by atoms with Crippen LogP contribution < -0.4 is 5.32 Å². The Kier molecular flexibility index (Phi) is 3.25. The zero-order chi connectivity index (χ0) is 13.5. The Morgan fingerprint density at radius 3 is 2.79 bits per heavy atom. The van der Waals surface area contributed by atoms with Gasteiger partial charge in [0.15, 0.2) is 5.82 Å². The van der Waals surface area contributed by atoms with Crippen molar-refractivity contribution >= 4 is 6.01 Å². The van der Waals surface area contributed by atoms with Gasteiger partial charge in [0.25, 0.3) is 0 Å². The van der Waals surface area contributed by atoms with E-state index in [0.717, 1.165) is 18.9 Å². The van der Waals surface area contributed by atoms with Crippen LogP contribution in [0.1, 0.15) is 58.2 Å². The second-order valence-electron chi connectivity index (χ2n) is 6.08. The summed E-state index contributed by atoms with van der Waals surface area (Å²) in [6, 6.07) is 0.994. The summed E-state index contributed by atoms with van der Waals surface area (Å²) in [5.74, 6) is 1.07. The van der Waals surface area contributed by atoms with Crippen molar-refractivity contribution in [2.24, 2.45) is 5.41 Å². The Balaban J connectivity index is 1.64. The number of rotatable bonds is 5. The molecule has 2 aliphatic rings.